The fraction of sp³-hybridized carbons (Fsp3) is 0.231. The van der Waals surface area contributed by atoms with Crippen LogP contribution in [0.15, 0.2) is 18.2 Å². The third-order valence-electron chi connectivity index (χ3n) is 2.67. The number of benzene rings is 1. The Morgan fingerprint density at radius 1 is 1.00 bits per heavy atom. The van der Waals surface area contributed by atoms with E-state index in [9.17, 15) is 0 Å². The third kappa shape index (κ3) is 3.38. The highest BCUT2D eigenvalue weighted by Crippen LogP contribution is 2.37. The average Bonchev–Trinajstić information content (AvgIpc) is 2.47. The second kappa shape index (κ2) is 6.36. The van der Waals surface area contributed by atoms with Crippen molar-refractivity contribution in [2.45, 2.75) is 0 Å². The van der Waals surface area contributed by atoms with Crippen LogP contribution in [0.5, 0.6) is 17.4 Å². The molecule has 21 heavy (non-hydrogen) atoms. The smallest absolute Gasteiger partial charge is 0.225 e. The first-order valence-electron chi connectivity index (χ1n) is 5.94. The maximum atomic E-state index is 6.11. The highest BCUT2D eigenvalue weighted by Gasteiger charge is 2.11. The lowest BCUT2D eigenvalue weighted by molar-refractivity contribution is 0.395. The van der Waals surface area contributed by atoms with Gasteiger partial charge in [-0.25, -0.2) is 0 Å². The standard InChI is InChI=1S/C13H15ClN4O3/c1-19-9-5-10(20-2)8(4-7(9)14)16-11-6-12(21-3)18-13(15)17-11/h4-6H,1-3H3,(H3,15,16,17,18). The number of nitrogen functional groups attached to an aromatic ring is 1. The van der Waals surface area contributed by atoms with Gasteiger partial charge in [0.15, 0.2) is 0 Å². The molecule has 3 N–H and O–H groups in total. The molecule has 8 heteroatoms. The predicted molar refractivity (Wildman–Crippen MR) is 80.8 cm³/mol. The lowest BCUT2D eigenvalue weighted by Gasteiger charge is -2.14. The Kier molecular flexibility index (Phi) is 4.54. The van der Waals surface area contributed by atoms with Crippen LogP contribution in [-0.2, 0) is 0 Å². The van der Waals surface area contributed by atoms with Crippen LogP contribution in [0, 0.1) is 0 Å². The van der Waals surface area contributed by atoms with Gasteiger partial charge in [-0.15, -0.1) is 0 Å². The molecule has 7 nitrogen and oxygen atoms in total. The Hall–Kier alpha value is -2.41. The topological polar surface area (TPSA) is 91.5 Å². The molecule has 0 fully saturated rings. The van der Waals surface area contributed by atoms with Gasteiger partial charge in [-0.05, 0) is 6.07 Å². The minimum Gasteiger partial charge on any atom is -0.495 e. The lowest BCUT2D eigenvalue weighted by Crippen LogP contribution is -2.03. The van der Waals surface area contributed by atoms with E-state index < -0.39 is 0 Å². The van der Waals surface area contributed by atoms with Crippen LogP contribution in [0.4, 0.5) is 17.5 Å². The first-order valence-corrected chi connectivity index (χ1v) is 6.32. The maximum Gasteiger partial charge on any atom is 0.225 e. The molecule has 1 aromatic heterocycles. The number of hydrogen-bond donors (Lipinski definition) is 2. The summed E-state index contributed by atoms with van der Waals surface area (Å²) in [5.41, 5.74) is 6.23. The van der Waals surface area contributed by atoms with E-state index in [2.05, 4.69) is 15.3 Å². The molecule has 0 spiro atoms. The molecule has 2 rings (SSSR count). The number of anilines is 3. The van der Waals surface area contributed by atoms with Gasteiger partial charge >= 0.3 is 0 Å². The predicted octanol–water partition coefficient (Wildman–Crippen LogP) is 2.48. The summed E-state index contributed by atoms with van der Waals surface area (Å²) in [6.07, 6.45) is 0. The van der Waals surface area contributed by atoms with Crippen LogP contribution in [-0.4, -0.2) is 31.3 Å². The average molecular weight is 311 g/mol. The molecule has 0 radical (unpaired) electrons. The number of nitrogens with two attached hydrogens (primary N) is 1. The summed E-state index contributed by atoms with van der Waals surface area (Å²) in [7, 11) is 4.57. The number of hydrogen-bond acceptors (Lipinski definition) is 7. The van der Waals surface area contributed by atoms with Crippen LogP contribution < -0.4 is 25.3 Å². The van der Waals surface area contributed by atoms with Gasteiger partial charge in [0.25, 0.3) is 0 Å². The highest BCUT2D eigenvalue weighted by molar-refractivity contribution is 6.32. The number of ether oxygens (including phenoxy) is 3. The van der Waals surface area contributed by atoms with E-state index in [4.69, 9.17) is 31.5 Å². The van der Waals surface area contributed by atoms with Crippen LogP contribution in [0.2, 0.25) is 5.02 Å². The lowest BCUT2D eigenvalue weighted by atomic mass is 10.2. The van der Waals surface area contributed by atoms with E-state index in [-0.39, 0.29) is 5.95 Å². The SMILES string of the molecule is COc1cc(Nc2cc(Cl)c(OC)cc2OC)nc(N)n1. The van der Waals surface area contributed by atoms with E-state index in [1.807, 2.05) is 0 Å². The van der Waals surface area contributed by atoms with Crippen molar-refractivity contribution in [3.05, 3.63) is 23.2 Å². The summed E-state index contributed by atoms with van der Waals surface area (Å²) in [5.74, 6) is 1.96. The van der Waals surface area contributed by atoms with Gasteiger partial charge in [-0.2, -0.15) is 9.97 Å². The molecule has 0 aliphatic rings. The Balaban J connectivity index is 2.39. The van der Waals surface area contributed by atoms with Gasteiger partial charge in [0, 0.05) is 12.1 Å². The molecule has 0 amide bonds. The Labute approximate surface area is 127 Å². The number of halogens is 1. The number of rotatable bonds is 5. The normalized spacial score (nSPS) is 10.1. The van der Waals surface area contributed by atoms with Crippen molar-refractivity contribution in [3.63, 3.8) is 0 Å². The zero-order valence-electron chi connectivity index (χ0n) is 11.8. The van der Waals surface area contributed by atoms with Crippen molar-refractivity contribution in [1.29, 1.82) is 0 Å². The van der Waals surface area contributed by atoms with Crippen molar-refractivity contribution >= 4 is 29.1 Å². The molecule has 0 saturated heterocycles. The molecule has 0 atom stereocenters. The van der Waals surface area contributed by atoms with Crippen LogP contribution in [0.25, 0.3) is 0 Å². The van der Waals surface area contributed by atoms with Crippen molar-refractivity contribution < 1.29 is 14.2 Å². The maximum absolute atomic E-state index is 6.11. The summed E-state index contributed by atoms with van der Waals surface area (Å²) in [4.78, 5) is 7.98. The summed E-state index contributed by atoms with van der Waals surface area (Å²) >= 11 is 6.11. The van der Waals surface area contributed by atoms with Gasteiger partial charge in [0.05, 0.1) is 32.0 Å². The number of aromatic nitrogens is 2. The number of nitrogens with zero attached hydrogens (tertiary/aromatic N) is 2. The molecule has 0 bridgehead atoms. The fourth-order valence-corrected chi connectivity index (χ4v) is 1.95. The first kappa shape index (κ1) is 15.0. The fourth-order valence-electron chi connectivity index (χ4n) is 1.71. The monoisotopic (exact) mass is 310 g/mol. The van der Waals surface area contributed by atoms with Crippen LogP contribution in [0.1, 0.15) is 0 Å². The van der Waals surface area contributed by atoms with E-state index >= 15 is 0 Å². The number of nitrogens with one attached hydrogen (secondary N) is 1. The third-order valence-corrected chi connectivity index (χ3v) is 2.96. The van der Waals surface area contributed by atoms with Gasteiger partial charge < -0.3 is 25.3 Å². The van der Waals surface area contributed by atoms with E-state index in [0.717, 1.165) is 0 Å². The molecule has 0 saturated carbocycles. The molecule has 0 aliphatic heterocycles. The highest BCUT2D eigenvalue weighted by atomic mass is 35.5. The summed E-state index contributed by atoms with van der Waals surface area (Å²) in [6.45, 7) is 0. The van der Waals surface area contributed by atoms with Crippen molar-refractivity contribution in [3.8, 4) is 17.4 Å². The van der Waals surface area contributed by atoms with Crippen molar-refractivity contribution in [2.24, 2.45) is 0 Å². The Morgan fingerprint density at radius 3 is 2.33 bits per heavy atom. The Bertz CT molecular complexity index is 652. The Morgan fingerprint density at radius 2 is 1.71 bits per heavy atom. The van der Waals surface area contributed by atoms with Crippen LogP contribution in [0.3, 0.4) is 0 Å². The molecule has 112 valence electrons. The number of methoxy groups -OCH3 is 3. The molecule has 1 heterocycles. The summed E-state index contributed by atoms with van der Waals surface area (Å²) in [5, 5.41) is 3.49. The molecule has 0 unspecified atom stereocenters. The quantitative estimate of drug-likeness (QED) is 0.876. The zero-order valence-corrected chi connectivity index (χ0v) is 12.6. The van der Waals surface area contributed by atoms with Gasteiger partial charge in [0.2, 0.25) is 11.8 Å². The minimum absolute atomic E-state index is 0.0930. The first-order chi connectivity index (χ1) is 10.1. The zero-order chi connectivity index (χ0) is 15.4. The summed E-state index contributed by atoms with van der Waals surface area (Å²) < 4.78 is 15.5. The van der Waals surface area contributed by atoms with E-state index in [0.29, 0.717) is 33.9 Å². The second-order valence-electron chi connectivity index (χ2n) is 3.97. The molecular weight excluding hydrogens is 296 g/mol. The summed E-state index contributed by atoms with van der Waals surface area (Å²) in [6, 6.07) is 4.95. The largest absolute Gasteiger partial charge is 0.495 e. The minimum atomic E-state index is 0.0930. The molecule has 2 aromatic rings. The van der Waals surface area contributed by atoms with E-state index in [1.54, 1.807) is 25.3 Å². The van der Waals surface area contributed by atoms with Crippen LogP contribution >= 0.6 is 11.6 Å². The molecule has 0 aliphatic carbocycles. The van der Waals surface area contributed by atoms with Gasteiger partial charge in [0.1, 0.15) is 17.3 Å². The van der Waals surface area contributed by atoms with Gasteiger partial charge in [-0.1, -0.05) is 11.6 Å². The molecule has 1 aromatic carbocycles. The second-order valence-corrected chi connectivity index (χ2v) is 4.37. The van der Waals surface area contributed by atoms with E-state index in [1.165, 1.54) is 14.2 Å². The van der Waals surface area contributed by atoms with Crippen molar-refractivity contribution in [2.75, 3.05) is 32.4 Å². The molecular formula is C13H15ClN4O3. The van der Waals surface area contributed by atoms with Gasteiger partial charge in [-0.3, -0.25) is 0 Å². The van der Waals surface area contributed by atoms with Crippen molar-refractivity contribution in [1.82, 2.24) is 9.97 Å².